The lowest BCUT2D eigenvalue weighted by atomic mass is 9.92. The van der Waals surface area contributed by atoms with Gasteiger partial charge in [0, 0.05) is 11.3 Å². The van der Waals surface area contributed by atoms with E-state index in [-0.39, 0.29) is 6.10 Å². The molecule has 1 aliphatic heterocycles. The first-order valence-corrected chi connectivity index (χ1v) is 12.8. The van der Waals surface area contributed by atoms with Gasteiger partial charge in [0.05, 0.1) is 6.10 Å². The third-order valence-corrected chi connectivity index (χ3v) is 7.55. The van der Waals surface area contributed by atoms with Crippen molar-refractivity contribution in [2.45, 2.75) is 75.4 Å². The van der Waals surface area contributed by atoms with Crippen molar-refractivity contribution < 1.29 is 9.47 Å². The fraction of sp³-hybridized carbons (Fsp3) is 0.538. The molecule has 3 nitrogen and oxygen atoms in total. The van der Waals surface area contributed by atoms with Crippen molar-refractivity contribution in [1.29, 1.82) is 0 Å². The van der Waals surface area contributed by atoms with Crippen molar-refractivity contribution in [2.75, 3.05) is 12.8 Å². The zero-order valence-electron chi connectivity index (χ0n) is 18.3. The van der Waals surface area contributed by atoms with E-state index >= 15 is 0 Å². The number of nitrogens with one attached hydrogen (secondary N) is 1. The van der Waals surface area contributed by atoms with Crippen LogP contribution in [0.25, 0.3) is 0 Å². The molecule has 0 aromatic heterocycles. The van der Waals surface area contributed by atoms with Crippen LogP contribution in [-0.4, -0.2) is 30.2 Å². The maximum absolute atomic E-state index is 6.35. The van der Waals surface area contributed by atoms with Crippen LogP contribution in [0, 0.1) is 0 Å². The van der Waals surface area contributed by atoms with E-state index in [1.807, 2.05) is 11.8 Å². The highest BCUT2D eigenvalue weighted by Gasteiger charge is 2.24. The predicted octanol–water partition coefficient (Wildman–Crippen LogP) is 6.17. The molecule has 2 atom stereocenters. The van der Waals surface area contributed by atoms with E-state index in [0.717, 1.165) is 49.0 Å². The lowest BCUT2D eigenvalue weighted by Crippen LogP contribution is -2.37. The summed E-state index contributed by atoms with van der Waals surface area (Å²) in [5.74, 6) is 2.01. The van der Waals surface area contributed by atoms with Crippen LogP contribution in [0.2, 0.25) is 0 Å². The topological polar surface area (TPSA) is 30.5 Å². The van der Waals surface area contributed by atoms with Gasteiger partial charge in [-0.25, -0.2) is 0 Å². The molecule has 0 amide bonds. The molecule has 2 aromatic rings. The third-order valence-electron chi connectivity index (χ3n) is 6.51. The number of hydrogen-bond acceptors (Lipinski definition) is 4. The molecule has 162 valence electrons. The molecule has 2 aromatic carbocycles. The molecule has 0 radical (unpaired) electrons. The van der Waals surface area contributed by atoms with Crippen molar-refractivity contribution in [1.82, 2.24) is 5.32 Å². The van der Waals surface area contributed by atoms with Crippen molar-refractivity contribution >= 4 is 11.8 Å². The molecule has 2 unspecified atom stereocenters. The van der Waals surface area contributed by atoms with E-state index in [4.69, 9.17) is 9.47 Å². The van der Waals surface area contributed by atoms with E-state index in [1.54, 1.807) is 0 Å². The number of aryl methyl sites for hydroxylation is 1. The van der Waals surface area contributed by atoms with Crippen LogP contribution >= 0.6 is 11.8 Å². The van der Waals surface area contributed by atoms with Crippen LogP contribution in [0.1, 0.15) is 62.7 Å². The Labute approximate surface area is 185 Å². The van der Waals surface area contributed by atoms with E-state index in [2.05, 4.69) is 67.0 Å². The molecular formula is C26H35NO2S. The van der Waals surface area contributed by atoms with Gasteiger partial charge in [-0.2, -0.15) is 11.8 Å². The van der Waals surface area contributed by atoms with Crippen LogP contribution in [0.15, 0.2) is 48.5 Å². The summed E-state index contributed by atoms with van der Waals surface area (Å²) in [7, 11) is 0. The van der Waals surface area contributed by atoms with Gasteiger partial charge in [-0.15, -0.1) is 0 Å². The van der Waals surface area contributed by atoms with Crippen LogP contribution in [-0.2, 0) is 6.42 Å². The van der Waals surface area contributed by atoms with Crippen LogP contribution in [0.4, 0.5) is 0 Å². The lowest BCUT2D eigenvalue weighted by Gasteiger charge is -2.31. The third kappa shape index (κ3) is 5.73. The first-order valence-electron chi connectivity index (χ1n) is 11.5. The van der Waals surface area contributed by atoms with E-state index < -0.39 is 0 Å². The van der Waals surface area contributed by atoms with Gasteiger partial charge < -0.3 is 14.8 Å². The first-order chi connectivity index (χ1) is 14.7. The molecule has 2 aliphatic rings. The molecule has 0 saturated heterocycles. The number of fused-ring (bicyclic) bond motifs is 1. The highest BCUT2D eigenvalue weighted by atomic mass is 32.2. The molecule has 1 saturated carbocycles. The summed E-state index contributed by atoms with van der Waals surface area (Å²) in [5.41, 5.74) is 2.54. The summed E-state index contributed by atoms with van der Waals surface area (Å²) < 4.78 is 12.6. The van der Waals surface area contributed by atoms with Gasteiger partial charge in [0.25, 0.3) is 0 Å². The van der Waals surface area contributed by atoms with Gasteiger partial charge in [-0.1, -0.05) is 37.3 Å². The molecule has 4 rings (SSSR count). The van der Waals surface area contributed by atoms with Crippen molar-refractivity contribution in [3.63, 3.8) is 0 Å². The number of thioether (sulfide) groups is 1. The maximum atomic E-state index is 6.35. The second kappa shape index (κ2) is 10.6. The average Bonchev–Trinajstić information content (AvgIpc) is 2.80. The Kier molecular flexibility index (Phi) is 7.62. The molecule has 1 heterocycles. The Morgan fingerprint density at radius 3 is 2.63 bits per heavy atom. The molecular weight excluding hydrogens is 390 g/mol. The smallest absolute Gasteiger partial charge is 0.124 e. The fourth-order valence-corrected chi connectivity index (χ4v) is 4.88. The Bertz CT molecular complexity index is 789. The van der Waals surface area contributed by atoms with Gasteiger partial charge in [-0.05, 0) is 87.1 Å². The number of rotatable bonds is 8. The summed E-state index contributed by atoms with van der Waals surface area (Å²) in [6.07, 6.45) is 10.7. The van der Waals surface area contributed by atoms with Gasteiger partial charge in [0.15, 0.2) is 0 Å². The summed E-state index contributed by atoms with van der Waals surface area (Å²) in [6.45, 7) is 3.44. The Morgan fingerprint density at radius 2 is 1.87 bits per heavy atom. The summed E-state index contributed by atoms with van der Waals surface area (Å²) in [6, 6.07) is 17.6. The highest BCUT2D eigenvalue weighted by molar-refractivity contribution is 7.99. The second-order valence-corrected chi connectivity index (χ2v) is 9.98. The van der Waals surface area contributed by atoms with Gasteiger partial charge in [0.1, 0.15) is 17.6 Å². The van der Waals surface area contributed by atoms with Crippen molar-refractivity contribution in [3.05, 3.63) is 59.7 Å². The fourth-order valence-electron chi connectivity index (χ4n) is 4.53. The van der Waals surface area contributed by atoms with Crippen molar-refractivity contribution in [3.8, 4) is 11.5 Å². The number of benzene rings is 2. The largest absolute Gasteiger partial charge is 0.490 e. The highest BCUT2D eigenvalue weighted by Crippen LogP contribution is 2.37. The molecule has 1 fully saturated rings. The van der Waals surface area contributed by atoms with E-state index in [9.17, 15) is 0 Å². The van der Waals surface area contributed by atoms with Crippen LogP contribution < -0.4 is 14.8 Å². The second-order valence-electron chi connectivity index (χ2n) is 8.71. The predicted molar refractivity (Wildman–Crippen MR) is 127 cm³/mol. The quantitative estimate of drug-likeness (QED) is 0.547. The maximum Gasteiger partial charge on any atom is 0.124 e. The van der Waals surface area contributed by atoms with Crippen LogP contribution in [0.5, 0.6) is 11.5 Å². The Morgan fingerprint density at radius 1 is 1.07 bits per heavy atom. The standard InChI is InChI=1S/C26H35NO2S/c1-19(30-2)16-17-27-22-9-11-23(12-10-22)28-24-13-15-26-21(18-24)8-14-25(29-26)20-6-4-3-5-7-20/h3-7,13,15,18-19,22-23,25,27H,8-12,14,16-17H2,1-2H3. The van der Waals surface area contributed by atoms with E-state index in [1.165, 1.54) is 30.4 Å². The van der Waals surface area contributed by atoms with Gasteiger partial charge in [0.2, 0.25) is 0 Å². The lowest BCUT2D eigenvalue weighted by molar-refractivity contribution is 0.138. The van der Waals surface area contributed by atoms with Gasteiger partial charge in [-0.3, -0.25) is 0 Å². The molecule has 0 spiro atoms. The minimum Gasteiger partial charge on any atom is -0.490 e. The Balaban J connectivity index is 1.25. The summed E-state index contributed by atoms with van der Waals surface area (Å²) in [4.78, 5) is 0. The molecule has 0 bridgehead atoms. The van der Waals surface area contributed by atoms with E-state index in [0.29, 0.717) is 12.1 Å². The molecule has 30 heavy (non-hydrogen) atoms. The number of ether oxygens (including phenoxy) is 2. The van der Waals surface area contributed by atoms with Crippen LogP contribution in [0.3, 0.4) is 0 Å². The first kappa shape index (κ1) is 21.6. The number of hydrogen-bond donors (Lipinski definition) is 1. The zero-order chi connectivity index (χ0) is 20.8. The minimum atomic E-state index is 0.159. The summed E-state index contributed by atoms with van der Waals surface area (Å²) in [5, 5.41) is 4.49. The van der Waals surface area contributed by atoms with Gasteiger partial charge >= 0.3 is 0 Å². The molecule has 1 aliphatic carbocycles. The zero-order valence-corrected chi connectivity index (χ0v) is 19.1. The SMILES string of the molecule is CSC(C)CCNC1CCC(Oc2ccc3c(c2)CCC(c2ccccc2)O3)CC1. The average molecular weight is 426 g/mol. The molecule has 1 N–H and O–H groups in total. The molecule has 4 heteroatoms. The normalized spacial score (nSPS) is 24.5. The van der Waals surface area contributed by atoms with Crippen molar-refractivity contribution in [2.24, 2.45) is 0 Å². The monoisotopic (exact) mass is 425 g/mol. The Hall–Kier alpha value is -1.65. The minimum absolute atomic E-state index is 0.159. The summed E-state index contributed by atoms with van der Waals surface area (Å²) >= 11 is 1.95.